The van der Waals surface area contributed by atoms with E-state index in [1.54, 1.807) is 24.4 Å². The third-order valence-corrected chi connectivity index (χ3v) is 4.81. The number of amides is 1. The third-order valence-electron chi connectivity index (χ3n) is 4.81. The number of para-hydroxylation sites is 1. The lowest BCUT2D eigenvalue weighted by molar-refractivity contribution is 0.0979. The van der Waals surface area contributed by atoms with E-state index >= 15 is 0 Å². The van der Waals surface area contributed by atoms with Crippen molar-refractivity contribution in [2.24, 2.45) is 0 Å². The Labute approximate surface area is 151 Å². The number of hydrogen-bond donors (Lipinski definition) is 0. The van der Waals surface area contributed by atoms with E-state index in [1.807, 2.05) is 4.90 Å². The lowest BCUT2D eigenvalue weighted by atomic mass is 9.96. The number of nitrogens with zero attached hydrogens (tertiary/aromatic N) is 3. The van der Waals surface area contributed by atoms with Gasteiger partial charge in [-0.1, -0.05) is 31.2 Å². The maximum atomic E-state index is 13.4. The van der Waals surface area contributed by atoms with Gasteiger partial charge in [-0.3, -0.25) is 4.79 Å². The molecule has 0 aliphatic carbocycles. The van der Waals surface area contributed by atoms with Crippen molar-refractivity contribution in [3.63, 3.8) is 0 Å². The van der Waals surface area contributed by atoms with Crippen molar-refractivity contribution in [1.29, 1.82) is 0 Å². The number of aryl methyl sites for hydroxylation is 2. The zero-order valence-electron chi connectivity index (χ0n) is 14.7. The predicted octanol–water partition coefficient (Wildman–Crippen LogP) is 4.17. The second-order valence-electron chi connectivity index (χ2n) is 6.46. The fourth-order valence-electron chi connectivity index (χ4n) is 3.56. The van der Waals surface area contributed by atoms with Crippen LogP contribution in [0.4, 0.5) is 10.1 Å². The first-order valence-corrected chi connectivity index (χ1v) is 8.91. The van der Waals surface area contributed by atoms with E-state index in [1.165, 1.54) is 27.9 Å². The number of carbonyl (C=O) groups is 1. The molecule has 0 radical (unpaired) electrons. The van der Waals surface area contributed by atoms with Gasteiger partial charge in [-0.2, -0.15) is 5.10 Å². The summed E-state index contributed by atoms with van der Waals surface area (Å²) in [5, 5.41) is 4.38. The summed E-state index contributed by atoms with van der Waals surface area (Å²) in [5.74, 6) is -0.439. The Balaban J connectivity index is 1.68. The number of benzene rings is 2. The van der Waals surface area contributed by atoms with Crippen molar-refractivity contribution in [2.45, 2.75) is 26.2 Å². The SMILES string of the molecule is CCc1cccc2c1N(C(=O)c1ccn(-c3cccc(F)c3)n1)CCC2. The van der Waals surface area contributed by atoms with Crippen LogP contribution in [0.15, 0.2) is 54.7 Å². The van der Waals surface area contributed by atoms with Gasteiger partial charge < -0.3 is 4.90 Å². The Bertz CT molecular complexity index is 949. The van der Waals surface area contributed by atoms with Crippen LogP contribution < -0.4 is 4.90 Å². The van der Waals surface area contributed by atoms with Gasteiger partial charge >= 0.3 is 0 Å². The molecule has 2 aromatic carbocycles. The maximum absolute atomic E-state index is 13.4. The Morgan fingerprint density at radius 1 is 1.19 bits per heavy atom. The molecule has 0 bridgehead atoms. The van der Waals surface area contributed by atoms with Crippen molar-refractivity contribution in [3.05, 3.63) is 77.4 Å². The van der Waals surface area contributed by atoms with E-state index in [0.29, 0.717) is 17.9 Å². The molecule has 0 saturated heterocycles. The molecule has 4 rings (SSSR count). The molecule has 0 atom stereocenters. The highest BCUT2D eigenvalue weighted by Crippen LogP contribution is 2.32. The highest BCUT2D eigenvalue weighted by molar-refractivity contribution is 6.06. The second kappa shape index (κ2) is 6.75. The van der Waals surface area contributed by atoms with Crippen molar-refractivity contribution in [1.82, 2.24) is 9.78 Å². The average Bonchev–Trinajstić information content (AvgIpc) is 3.16. The minimum Gasteiger partial charge on any atom is -0.306 e. The minimum atomic E-state index is -0.330. The minimum absolute atomic E-state index is 0.109. The standard InChI is InChI=1S/C21H20FN3O/c1-2-15-6-3-7-16-8-5-12-24(20(15)16)21(26)19-11-13-25(23-19)18-10-4-9-17(22)14-18/h3-4,6-7,9-11,13-14H,2,5,8,12H2,1H3. The first-order valence-electron chi connectivity index (χ1n) is 8.91. The first-order chi connectivity index (χ1) is 12.7. The van der Waals surface area contributed by atoms with E-state index in [4.69, 9.17) is 0 Å². The number of halogens is 1. The molecular formula is C21H20FN3O. The summed E-state index contributed by atoms with van der Waals surface area (Å²) in [6.07, 6.45) is 4.50. The zero-order valence-corrected chi connectivity index (χ0v) is 14.7. The van der Waals surface area contributed by atoms with Gasteiger partial charge in [0.25, 0.3) is 5.91 Å². The fourth-order valence-corrected chi connectivity index (χ4v) is 3.56. The van der Waals surface area contributed by atoms with Crippen molar-refractivity contribution >= 4 is 11.6 Å². The van der Waals surface area contributed by atoms with Crippen LogP contribution in [0.5, 0.6) is 0 Å². The maximum Gasteiger partial charge on any atom is 0.278 e. The Morgan fingerprint density at radius 2 is 2.04 bits per heavy atom. The second-order valence-corrected chi connectivity index (χ2v) is 6.46. The van der Waals surface area contributed by atoms with Gasteiger partial charge in [-0.25, -0.2) is 9.07 Å². The molecule has 1 aliphatic heterocycles. The van der Waals surface area contributed by atoms with Gasteiger partial charge in [-0.05, 0) is 54.7 Å². The number of rotatable bonds is 3. The highest BCUT2D eigenvalue weighted by Gasteiger charge is 2.27. The summed E-state index contributed by atoms with van der Waals surface area (Å²) in [6, 6.07) is 14.1. The molecule has 26 heavy (non-hydrogen) atoms. The number of aromatic nitrogens is 2. The molecule has 0 unspecified atom stereocenters. The normalized spacial score (nSPS) is 13.5. The number of anilines is 1. The number of fused-ring (bicyclic) bond motifs is 1. The van der Waals surface area contributed by atoms with Gasteiger partial charge in [0.1, 0.15) is 5.82 Å². The molecule has 3 aromatic rings. The van der Waals surface area contributed by atoms with Crippen LogP contribution in [0.2, 0.25) is 0 Å². The monoisotopic (exact) mass is 349 g/mol. The summed E-state index contributed by atoms with van der Waals surface area (Å²) in [5.41, 5.74) is 4.39. The Morgan fingerprint density at radius 3 is 2.85 bits per heavy atom. The smallest absolute Gasteiger partial charge is 0.278 e. The van der Waals surface area contributed by atoms with E-state index in [2.05, 4.69) is 30.2 Å². The summed E-state index contributed by atoms with van der Waals surface area (Å²) in [6.45, 7) is 2.79. The van der Waals surface area contributed by atoms with Crippen LogP contribution in [-0.4, -0.2) is 22.2 Å². The Hall–Kier alpha value is -2.95. The topological polar surface area (TPSA) is 38.1 Å². The quantitative estimate of drug-likeness (QED) is 0.712. The largest absolute Gasteiger partial charge is 0.306 e. The third kappa shape index (κ3) is 2.90. The number of hydrogen-bond acceptors (Lipinski definition) is 2. The lowest BCUT2D eigenvalue weighted by Crippen LogP contribution is -2.36. The van der Waals surface area contributed by atoms with Crippen LogP contribution in [-0.2, 0) is 12.8 Å². The molecule has 5 heteroatoms. The zero-order chi connectivity index (χ0) is 18.1. The molecule has 1 amide bonds. The average molecular weight is 349 g/mol. The Kier molecular flexibility index (Phi) is 4.29. The van der Waals surface area contributed by atoms with Crippen molar-refractivity contribution < 1.29 is 9.18 Å². The molecule has 0 fully saturated rings. The summed E-state index contributed by atoms with van der Waals surface area (Å²) in [4.78, 5) is 15.0. The van der Waals surface area contributed by atoms with Gasteiger partial charge in [0.2, 0.25) is 0 Å². The van der Waals surface area contributed by atoms with Crippen LogP contribution in [0.3, 0.4) is 0 Å². The lowest BCUT2D eigenvalue weighted by Gasteiger charge is -2.31. The van der Waals surface area contributed by atoms with Crippen molar-refractivity contribution in [2.75, 3.05) is 11.4 Å². The van der Waals surface area contributed by atoms with E-state index < -0.39 is 0 Å². The molecule has 132 valence electrons. The molecule has 4 nitrogen and oxygen atoms in total. The van der Waals surface area contributed by atoms with E-state index in [9.17, 15) is 9.18 Å². The highest BCUT2D eigenvalue weighted by atomic mass is 19.1. The van der Waals surface area contributed by atoms with Gasteiger partial charge in [-0.15, -0.1) is 0 Å². The predicted molar refractivity (Wildman–Crippen MR) is 99.3 cm³/mol. The molecule has 0 spiro atoms. The van der Waals surface area contributed by atoms with E-state index in [0.717, 1.165) is 24.9 Å². The molecule has 2 heterocycles. The van der Waals surface area contributed by atoms with Gasteiger partial charge in [0.05, 0.1) is 11.4 Å². The van der Waals surface area contributed by atoms with E-state index in [-0.39, 0.29) is 11.7 Å². The van der Waals surface area contributed by atoms with Crippen LogP contribution in [0.1, 0.15) is 35.0 Å². The molecule has 1 aliphatic rings. The van der Waals surface area contributed by atoms with Gasteiger partial charge in [0.15, 0.2) is 5.69 Å². The van der Waals surface area contributed by atoms with Gasteiger partial charge in [0, 0.05) is 12.7 Å². The first kappa shape index (κ1) is 16.5. The number of carbonyl (C=O) groups excluding carboxylic acids is 1. The molecule has 1 aromatic heterocycles. The van der Waals surface area contributed by atoms with Crippen molar-refractivity contribution in [3.8, 4) is 5.69 Å². The fraction of sp³-hybridized carbons (Fsp3) is 0.238. The van der Waals surface area contributed by atoms with Crippen LogP contribution in [0, 0.1) is 5.82 Å². The summed E-state index contributed by atoms with van der Waals surface area (Å²) < 4.78 is 15.0. The summed E-state index contributed by atoms with van der Waals surface area (Å²) >= 11 is 0. The molecular weight excluding hydrogens is 329 g/mol. The molecule has 0 N–H and O–H groups in total. The summed E-state index contributed by atoms with van der Waals surface area (Å²) in [7, 11) is 0. The van der Waals surface area contributed by atoms with Crippen LogP contribution >= 0.6 is 0 Å². The van der Waals surface area contributed by atoms with Crippen LogP contribution in [0.25, 0.3) is 5.69 Å². The molecule has 0 saturated carbocycles.